The van der Waals surface area contributed by atoms with E-state index >= 15 is 0 Å². The fourth-order valence-electron chi connectivity index (χ4n) is 1.28. The summed E-state index contributed by atoms with van der Waals surface area (Å²) in [5, 5.41) is 19.8. The SMILES string of the molecule is Cc1ccc(N(C)C(=O)NCC(O)C(=O)O)cc1. The average Bonchev–Trinajstić information content (AvgIpc) is 2.35. The lowest BCUT2D eigenvalue weighted by atomic mass is 10.2. The van der Waals surface area contributed by atoms with Crippen molar-refractivity contribution in [2.24, 2.45) is 0 Å². The Morgan fingerprint density at radius 2 is 1.89 bits per heavy atom. The predicted molar refractivity (Wildman–Crippen MR) is 66.6 cm³/mol. The van der Waals surface area contributed by atoms with Crippen LogP contribution in [0.1, 0.15) is 5.56 Å². The summed E-state index contributed by atoms with van der Waals surface area (Å²) in [7, 11) is 1.56. The van der Waals surface area contributed by atoms with E-state index in [1.165, 1.54) is 4.90 Å². The number of carboxylic acid groups (broad SMARTS) is 1. The monoisotopic (exact) mass is 252 g/mol. The summed E-state index contributed by atoms with van der Waals surface area (Å²) >= 11 is 0. The maximum Gasteiger partial charge on any atom is 0.334 e. The Balaban J connectivity index is 2.56. The molecule has 0 aliphatic heterocycles. The summed E-state index contributed by atoms with van der Waals surface area (Å²) in [6.07, 6.45) is -1.60. The molecule has 0 aliphatic carbocycles. The summed E-state index contributed by atoms with van der Waals surface area (Å²) in [4.78, 5) is 23.4. The second kappa shape index (κ2) is 6.02. The normalized spacial score (nSPS) is 11.7. The largest absolute Gasteiger partial charge is 0.479 e. The van der Waals surface area contributed by atoms with E-state index in [0.717, 1.165) is 5.56 Å². The van der Waals surface area contributed by atoms with Crippen LogP contribution in [0, 0.1) is 6.92 Å². The van der Waals surface area contributed by atoms with Gasteiger partial charge in [0, 0.05) is 12.7 Å². The summed E-state index contributed by atoms with van der Waals surface area (Å²) in [5.41, 5.74) is 1.76. The molecule has 0 radical (unpaired) electrons. The molecule has 0 spiro atoms. The first kappa shape index (κ1) is 14.0. The van der Waals surface area contributed by atoms with Gasteiger partial charge < -0.3 is 15.5 Å². The number of aliphatic carboxylic acids is 1. The highest BCUT2D eigenvalue weighted by molar-refractivity contribution is 5.91. The number of hydrogen-bond donors (Lipinski definition) is 3. The molecule has 0 bridgehead atoms. The summed E-state index contributed by atoms with van der Waals surface area (Å²) in [5.74, 6) is -1.37. The molecule has 1 aromatic carbocycles. The lowest BCUT2D eigenvalue weighted by molar-refractivity contribution is -0.146. The molecule has 1 atom stereocenters. The van der Waals surface area contributed by atoms with Crippen molar-refractivity contribution >= 4 is 17.7 Å². The fourth-order valence-corrected chi connectivity index (χ4v) is 1.28. The molecule has 0 fully saturated rings. The van der Waals surface area contributed by atoms with Crippen molar-refractivity contribution in [2.75, 3.05) is 18.5 Å². The van der Waals surface area contributed by atoms with E-state index in [-0.39, 0.29) is 6.54 Å². The third-order valence-electron chi connectivity index (χ3n) is 2.46. The van der Waals surface area contributed by atoms with Crippen molar-refractivity contribution in [3.8, 4) is 0 Å². The van der Waals surface area contributed by atoms with Crippen LogP contribution in [0.25, 0.3) is 0 Å². The van der Waals surface area contributed by atoms with Crippen molar-refractivity contribution in [3.63, 3.8) is 0 Å². The van der Waals surface area contributed by atoms with Crippen LogP contribution in [0.4, 0.5) is 10.5 Å². The number of benzene rings is 1. The minimum atomic E-state index is -1.60. The zero-order chi connectivity index (χ0) is 13.7. The van der Waals surface area contributed by atoms with Crippen LogP contribution >= 0.6 is 0 Å². The van der Waals surface area contributed by atoms with E-state index in [2.05, 4.69) is 5.32 Å². The van der Waals surface area contributed by atoms with Gasteiger partial charge in [0.15, 0.2) is 6.10 Å². The van der Waals surface area contributed by atoms with Crippen LogP contribution in [0.5, 0.6) is 0 Å². The first-order valence-electron chi connectivity index (χ1n) is 5.41. The Morgan fingerprint density at radius 3 is 2.39 bits per heavy atom. The smallest absolute Gasteiger partial charge is 0.334 e. The van der Waals surface area contributed by atoms with Gasteiger partial charge >= 0.3 is 12.0 Å². The summed E-state index contributed by atoms with van der Waals surface area (Å²) < 4.78 is 0. The number of carboxylic acids is 1. The highest BCUT2D eigenvalue weighted by atomic mass is 16.4. The second-order valence-corrected chi connectivity index (χ2v) is 3.93. The van der Waals surface area contributed by atoms with Gasteiger partial charge in [0.2, 0.25) is 0 Å². The Morgan fingerprint density at radius 1 is 1.33 bits per heavy atom. The molecule has 1 rings (SSSR count). The number of aryl methyl sites for hydroxylation is 1. The molecule has 1 unspecified atom stereocenters. The van der Waals surface area contributed by atoms with E-state index in [0.29, 0.717) is 5.69 Å². The molecule has 98 valence electrons. The molecular weight excluding hydrogens is 236 g/mol. The number of rotatable bonds is 4. The second-order valence-electron chi connectivity index (χ2n) is 3.93. The third kappa shape index (κ3) is 3.74. The van der Waals surface area contributed by atoms with Gasteiger partial charge in [-0.25, -0.2) is 9.59 Å². The molecule has 2 amide bonds. The molecule has 3 N–H and O–H groups in total. The number of amides is 2. The topological polar surface area (TPSA) is 89.9 Å². The maximum atomic E-state index is 11.7. The van der Waals surface area contributed by atoms with Crippen molar-refractivity contribution < 1.29 is 19.8 Å². The number of carbonyl (C=O) groups is 2. The number of aliphatic hydroxyl groups is 1. The molecule has 0 aromatic heterocycles. The van der Waals surface area contributed by atoms with Crippen molar-refractivity contribution in [3.05, 3.63) is 29.8 Å². The molecular formula is C12H16N2O4. The quantitative estimate of drug-likeness (QED) is 0.731. The number of aliphatic hydroxyl groups excluding tert-OH is 1. The molecule has 18 heavy (non-hydrogen) atoms. The van der Waals surface area contributed by atoms with E-state index in [9.17, 15) is 9.59 Å². The molecule has 0 heterocycles. The van der Waals surface area contributed by atoms with Gasteiger partial charge in [-0.15, -0.1) is 0 Å². The van der Waals surface area contributed by atoms with E-state index in [1.807, 2.05) is 19.1 Å². The van der Waals surface area contributed by atoms with Crippen LogP contribution in [-0.4, -0.2) is 41.9 Å². The van der Waals surface area contributed by atoms with Gasteiger partial charge in [0.1, 0.15) is 0 Å². The fraction of sp³-hybridized carbons (Fsp3) is 0.333. The number of hydrogen-bond acceptors (Lipinski definition) is 3. The molecule has 6 heteroatoms. The van der Waals surface area contributed by atoms with E-state index in [4.69, 9.17) is 10.2 Å². The van der Waals surface area contributed by atoms with Crippen LogP contribution in [-0.2, 0) is 4.79 Å². The van der Waals surface area contributed by atoms with Gasteiger partial charge in [-0.3, -0.25) is 4.90 Å². The van der Waals surface area contributed by atoms with Gasteiger partial charge in [-0.1, -0.05) is 17.7 Å². The Kier molecular flexibility index (Phi) is 4.67. The standard InChI is InChI=1S/C12H16N2O4/c1-8-3-5-9(6-4-8)14(2)12(18)13-7-10(15)11(16)17/h3-6,10,15H,7H2,1-2H3,(H,13,18)(H,16,17). The van der Waals surface area contributed by atoms with Gasteiger partial charge in [0.05, 0.1) is 6.54 Å². The lowest BCUT2D eigenvalue weighted by Crippen LogP contribution is -2.43. The van der Waals surface area contributed by atoms with Gasteiger partial charge in [-0.05, 0) is 19.1 Å². The van der Waals surface area contributed by atoms with Crippen LogP contribution < -0.4 is 10.2 Å². The zero-order valence-corrected chi connectivity index (χ0v) is 10.3. The first-order valence-corrected chi connectivity index (χ1v) is 5.41. The van der Waals surface area contributed by atoms with Crippen LogP contribution in [0.2, 0.25) is 0 Å². The Labute approximate surface area is 105 Å². The number of nitrogens with zero attached hydrogens (tertiary/aromatic N) is 1. The zero-order valence-electron chi connectivity index (χ0n) is 10.3. The minimum Gasteiger partial charge on any atom is -0.479 e. The maximum absolute atomic E-state index is 11.7. The molecule has 0 saturated heterocycles. The van der Waals surface area contributed by atoms with E-state index < -0.39 is 18.1 Å². The van der Waals surface area contributed by atoms with E-state index in [1.54, 1.807) is 19.2 Å². The van der Waals surface area contributed by atoms with Crippen LogP contribution in [0.15, 0.2) is 24.3 Å². The van der Waals surface area contributed by atoms with Crippen molar-refractivity contribution in [2.45, 2.75) is 13.0 Å². The molecule has 1 aromatic rings. The molecule has 6 nitrogen and oxygen atoms in total. The van der Waals surface area contributed by atoms with Crippen molar-refractivity contribution in [1.29, 1.82) is 0 Å². The number of anilines is 1. The lowest BCUT2D eigenvalue weighted by Gasteiger charge is -2.18. The Hall–Kier alpha value is -2.08. The highest BCUT2D eigenvalue weighted by Crippen LogP contribution is 2.13. The molecule has 0 aliphatic rings. The van der Waals surface area contributed by atoms with Crippen molar-refractivity contribution in [1.82, 2.24) is 5.32 Å². The van der Waals surface area contributed by atoms with Gasteiger partial charge in [0.25, 0.3) is 0 Å². The first-order chi connectivity index (χ1) is 8.41. The number of urea groups is 1. The Bertz CT molecular complexity index is 430. The highest BCUT2D eigenvalue weighted by Gasteiger charge is 2.16. The van der Waals surface area contributed by atoms with Gasteiger partial charge in [-0.2, -0.15) is 0 Å². The summed E-state index contributed by atoms with van der Waals surface area (Å²) in [6.45, 7) is 1.61. The average molecular weight is 252 g/mol. The van der Waals surface area contributed by atoms with Crippen LogP contribution in [0.3, 0.4) is 0 Å². The summed E-state index contributed by atoms with van der Waals surface area (Å²) in [6, 6.07) is 6.82. The predicted octanol–water partition coefficient (Wildman–Crippen LogP) is 0.586. The molecule has 0 saturated carbocycles. The number of carbonyl (C=O) groups excluding carboxylic acids is 1. The third-order valence-corrected chi connectivity index (χ3v) is 2.46. The number of nitrogens with one attached hydrogen (secondary N) is 1. The minimum absolute atomic E-state index is 0.329.